The summed E-state index contributed by atoms with van der Waals surface area (Å²) in [6, 6.07) is 4.11. The van der Waals surface area contributed by atoms with E-state index in [2.05, 4.69) is 57.4 Å². The molecule has 146 valence electrons. The van der Waals surface area contributed by atoms with Crippen LogP contribution in [0.15, 0.2) is 29.5 Å². The second-order valence-corrected chi connectivity index (χ2v) is 8.01. The van der Waals surface area contributed by atoms with Crippen molar-refractivity contribution in [2.45, 2.75) is 26.9 Å². The van der Waals surface area contributed by atoms with E-state index >= 15 is 0 Å². The zero-order valence-electron chi connectivity index (χ0n) is 16.4. The monoisotopic (exact) mass is 387 g/mol. The van der Waals surface area contributed by atoms with Gasteiger partial charge in [-0.25, -0.2) is 15.0 Å². The second-order valence-electron chi connectivity index (χ2n) is 6.69. The quantitative estimate of drug-likeness (QED) is 0.582. The first-order valence-corrected chi connectivity index (χ1v) is 10.3. The number of likely N-dealkylation sites (N-methyl/N-ethyl adjacent to an activating group) is 1. The minimum atomic E-state index is 0.599. The molecule has 0 amide bonds. The van der Waals surface area contributed by atoms with Gasteiger partial charge in [-0.05, 0) is 27.0 Å². The SMILES string of the molecule is CCNC(=NCc1cccnc1N1CCN(C)CC1)NCc1ncc(C)s1. The summed E-state index contributed by atoms with van der Waals surface area (Å²) in [6.45, 7) is 10.4. The fraction of sp³-hybridized carbons (Fsp3) is 0.526. The van der Waals surface area contributed by atoms with Gasteiger partial charge in [0.15, 0.2) is 5.96 Å². The van der Waals surface area contributed by atoms with Crippen molar-refractivity contribution < 1.29 is 0 Å². The number of aryl methyl sites for hydroxylation is 1. The summed E-state index contributed by atoms with van der Waals surface area (Å²) in [7, 11) is 2.17. The molecule has 0 saturated carbocycles. The lowest BCUT2D eigenvalue weighted by atomic mass is 10.2. The van der Waals surface area contributed by atoms with Gasteiger partial charge in [0, 0.05) is 55.6 Å². The first kappa shape index (κ1) is 19.6. The van der Waals surface area contributed by atoms with Gasteiger partial charge in [0.05, 0.1) is 13.1 Å². The normalized spacial score (nSPS) is 15.8. The molecule has 7 nitrogen and oxygen atoms in total. The minimum Gasteiger partial charge on any atom is -0.357 e. The molecule has 1 fully saturated rings. The lowest BCUT2D eigenvalue weighted by Gasteiger charge is -2.34. The highest BCUT2D eigenvalue weighted by atomic mass is 32.1. The average molecular weight is 388 g/mol. The van der Waals surface area contributed by atoms with Crippen LogP contribution in [0.25, 0.3) is 0 Å². The van der Waals surface area contributed by atoms with Crippen molar-refractivity contribution in [1.29, 1.82) is 0 Å². The Morgan fingerprint density at radius 1 is 1.22 bits per heavy atom. The molecule has 2 N–H and O–H groups in total. The largest absolute Gasteiger partial charge is 0.357 e. The molecule has 0 spiro atoms. The Bertz CT molecular complexity index is 750. The van der Waals surface area contributed by atoms with Crippen molar-refractivity contribution in [2.24, 2.45) is 4.99 Å². The zero-order chi connectivity index (χ0) is 19.1. The van der Waals surface area contributed by atoms with Crippen LogP contribution in [0, 0.1) is 6.92 Å². The fourth-order valence-corrected chi connectivity index (χ4v) is 3.73. The number of aliphatic imine (C=N–C) groups is 1. The third-order valence-electron chi connectivity index (χ3n) is 4.50. The van der Waals surface area contributed by atoms with Crippen LogP contribution in [0.1, 0.15) is 22.4 Å². The molecule has 0 aromatic carbocycles. The molecule has 1 aliphatic rings. The van der Waals surface area contributed by atoms with E-state index in [9.17, 15) is 0 Å². The highest BCUT2D eigenvalue weighted by Gasteiger charge is 2.17. The summed E-state index contributed by atoms with van der Waals surface area (Å²) < 4.78 is 0. The van der Waals surface area contributed by atoms with Crippen LogP contribution in [0.3, 0.4) is 0 Å². The molecule has 1 saturated heterocycles. The lowest BCUT2D eigenvalue weighted by Crippen LogP contribution is -2.45. The van der Waals surface area contributed by atoms with Gasteiger partial charge in [0.2, 0.25) is 0 Å². The lowest BCUT2D eigenvalue weighted by molar-refractivity contribution is 0.312. The van der Waals surface area contributed by atoms with Crippen molar-refractivity contribution in [3.8, 4) is 0 Å². The van der Waals surface area contributed by atoms with Crippen molar-refractivity contribution >= 4 is 23.1 Å². The van der Waals surface area contributed by atoms with Gasteiger partial charge in [0.1, 0.15) is 10.8 Å². The predicted molar refractivity (Wildman–Crippen MR) is 112 cm³/mol. The van der Waals surface area contributed by atoms with Gasteiger partial charge < -0.3 is 20.4 Å². The number of anilines is 1. The van der Waals surface area contributed by atoms with Crippen LogP contribution >= 0.6 is 11.3 Å². The van der Waals surface area contributed by atoms with Crippen LogP contribution in [0.2, 0.25) is 0 Å². The topological polar surface area (TPSA) is 68.7 Å². The third kappa shape index (κ3) is 5.64. The minimum absolute atomic E-state index is 0.599. The highest BCUT2D eigenvalue weighted by molar-refractivity contribution is 7.11. The van der Waals surface area contributed by atoms with Crippen LogP contribution in [0.5, 0.6) is 0 Å². The van der Waals surface area contributed by atoms with E-state index in [1.807, 2.05) is 18.5 Å². The van der Waals surface area contributed by atoms with Crippen molar-refractivity contribution in [3.63, 3.8) is 0 Å². The average Bonchev–Trinajstić information content (AvgIpc) is 3.10. The maximum atomic E-state index is 4.77. The molecule has 0 atom stereocenters. The van der Waals surface area contributed by atoms with Gasteiger partial charge in [-0.15, -0.1) is 11.3 Å². The summed E-state index contributed by atoms with van der Waals surface area (Å²) >= 11 is 1.71. The number of pyridine rings is 1. The van der Waals surface area contributed by atoms with Crippen LogP contribution in [-0.4, -0.2) is 60.6 Å². The summed E-state index contributed by atoms with van der Waals surface area (Å²) in [5, 5.41) is 7.75. The standard InChI is InChI=1S/C19H29N7S/c1-4-20-19(24-14-17-22-12-15(2)27-17)23-13-16-6-5-7-21-18(16)26-10-8-25(3)9-11-26/h5-7,12H,4,8-11,13-14H2,1-3H3,(H2,20,23,24). The smallest absolute Gasteiger partial charge is 0.191 e. The Kier molecular flexibility index (Phi) is 7.00. The molecule has 0 aliphatic carbocycles. The molecule has 0 bridgehead atoms. The molecule has 0 unspecified atom stereocenters. The van der Waals surface area contributed by atoms with E-state index in [0.29, 0.717) is 13.1 Å². The second kappa shape index (κ2) is 9.66. The number of aromatic nitrogens is 2. The summed E-state index contributed by atoms with van der Waals surface area (Å²) in [5.41, 5.74) is 1.16. The number of hydrogen-bond donors (Lipinski definition) is 2. The number of nitrogens with zero attached hydrogens (tertiary/aromatic N) is 5. The van der Waals surface area contributed by atoms with E-state index in [1.54, 1.807) is 11.3 Å². The van der Waals surface area contributed by atoms with E-state index in [0.717, 1.165) is 55.1 Å². The van der Waals surface area contributed by atoms with Crippen molar-refractivity contribution in [1.82, 2.24) is 25.5 Å². The molecule has 2 aromatic heterocycles. The first-order valence-electron chi connectivity index (χ1n) is 9.46. The number of guanidine groups is 1. The zero-order valence-corrected chi connectivity index (χ0v) is 17.2. The van der Waals surface area contributed by atoms with E-state index in [4.69, 9.17) is 4.99 Å². The number of thiazole rings is 1. The van der Waals surface area contributed by atoms with Crippen molar-refractivity contribution in [2.75, 3.05) is 44.7 Å². The molecule has 3 heterocycles. The summed E-state index contributed by atoms with van der Waals surface area (Å²) in [5.74, 6) is 1.86. The Labute approximate surface area is 165 Å². The summed E-state index contributed by atoms with van der Waals surface area (Å²) in [4.78, 5) is 19.7. The third-order valence-corrected chi connectivity index (χ3v) is 5.41. The van der Waals surface area contributed by atoms with Crippen LogP contribution in [-0.2, 0) is 13.1 Å². The Hall–Kier alpha value is -2.19. The van der Waals surface area contributed by atoms with Gasteiger partial charge in [-0.3, -0.25) is 0 Å². The number of hydrogen-bond acceptors (Lipinski definition) is 6. The molecule has 1 aliphatic heterocycles. The first-order chi connectivity index (χ1) is 13.2. The maximum absolute atomic E-state index is 4.77. The molecule has 2 aromatic rings. The Balaban J connectivity index is 1.66. The van der Waals surface area contributed by atoms with Gasteiger partial charge in [0.25, 0.3) is 0 Å². The number of nitrogens with one attached hydrogen (secondary N) is 2. The molecule has 27 heavy (non-hydrogen) atoms. The summed E-state index contributed by atoms with van der Waals surface area (Å²) in [6.07, 6.45) is 3.78. The van der Waals surface area contributed by atoms with Gasteiger partial charge in [-0.2, -0.15) is 0 Å². The van der Waals surface area contributed by atoms with Crippen molar-refractivity contribution in [3.05, 3.63) is 40.0 Å². The molecule has 8 heteroatoms. The van der Waals surface area contributed by atoms with Gasteiger partial charge >= 0.3 is 0 Å². The maximum Gasteiger partial charge on any atom is 0.191 e. The highest BCUT2D eigenvalue weighted by Crippen LogP contribution is 2.19. The van der Waals surface area contributed by atoms with Crippen LogP contribution in [0.4, 0.5) is 5.82 Å². The number of rotatable bonds is 6. The molecular weight excluding hydrogens is 358 g/mol. The predicted octanol–water partition coefficient (Wildman–Crippen LogP) is 1.85. The van der Waals surface area contributed by atoms with E-state index in [1.165, 1.54) is 4.88 Å². The van der Waals surface area contributed by atoms with Gasteiger partial charge in [-0.1, -0.05) is 6.07 Å². The Morgan fingerprint density at radius 3 is 2.74 bits per heavy atom. The van der Waals surface area contributed by atoms with E-state index < -0.39 is 0 Å². The molecule has 3 rings (SSSR count). The Morgan fingerprint density at radius 2 is 2.04 bits per heavy atom. The fourth-order valence-electron chi connectivity index (χ4n) is 3.01. The van der Waals surface area contributed by atoms with E-state index in [-0.39, 0.29) is 0 Å². The molecule has 0 radical (unpaired) electrons. The molecular formula is C19H29N7S. The van der Waals surface area contributed by atoms with Crippen LogP contribution < -0.4 is 15.5 Å². The number of piperazine rings is 1.